The summed E-state index contributed by atoms with van der Waals surface area (Å²) >= 11 is 0. The highest BCUT2D eigenvalue weighted by Gasteiger charge is 2.14. The van der Waals surface area contributed by atoms with E-state index in [9.17, 15) is 9.18 Å². The highest BCUT2D eigenvalue weighted by Crippen LogP contribution is 2.09. The van der Waals surface area contributed by atoms with E-state index in [0.29, 0.717) is 5.56 Å². The normalized spacial score (nSPS) is 10.1. The molecule has 0 aliphatic rings. The van der Waals surface area contributed by atoms with Gasteiger partial charge in [-0.2, -0.15) is 4.57 Å². The van der Waals surface area contributed by atoms with E-state index in [-0.39, 0.29) is 30.6 Å². The first kappa shape index (κ1) is 15.1. The summed E-state index contributed by atoms with van der Waals surface area (Å²) < 4.78 is 14.8. The maximum absolute atomic E-state index is 12.9. The Bertz CT molecular complexity index is 766. The van der Waals surface area contributed by atoms with E-state index in [2.05, 4.69) is 0 Å². The lowest BCUT2D eigenvalue weighted by molar-refractivity contribution is -0.657. The Kier molecular flexibility index (Phi) is 4.66. The Labute approximate surface area is 128 Å². The topological polar surface area (TPSA) is 20.9 Å². The smallest absolute Gasteiger partial charge is 0.227 e. The molecule has 4 heteroatoms. The lowest BCUT2D eigenvalue weighted by Crippen LogP contribution is -3.00. The van der Waals surface area contributed by atoms with Gasteiger partial charge in [0.1, 0.15) is 5.82 Å². The zero-order valence-electron chi connectivity index (χ0n) is 11.2. The van der Waals surface area contributed by atoms with Crippen LogP contribution in [0.5, 0.6) is 0 Å². The lowest BCUT2D eigenvalue weighted by Gasteiger charge is -2.01. The Morgan fingerprint density at radius 2 is 1.62 bits per heavy atom. The monoisotopic (exact) mass is 301 g/mol. The van der Waals surface area contributed by atoms with Crippen LogP contribution in [0.1, 0.15) is 10.4 Å². The van der Waals surface area contributed by atoms with Crippen LogP contribution in [0.4, 0.5) is 4.39 Å². The summed E-state index contributed by atoms with van der Waals surface area (Å²) in [6.07, 6.45) is 1.88. The summed E-state index contributed by atoms with van der Waals surface area (Å²) in [7, 11) is 0. The van der Waals surface area contributed by atoms with Crippen LogP contribution in [-0.4, -0.2) is 5.78 Å². The van der Waals surface area contributed by atoms with Gasteiger partial charge in [0.25, 0.3) is 0 Å². The predicted octanol–water partition coefficient (Wildman–Crippen LogP) is 0.153. The van der Waals surface area contributed by atoms with Gasteiger partial charge in [-0.15, -0.1) is 0 Å². The third-order valence-corrected chi connectivity index (χ3v) is 3.27. The average Bonchev–Trinajstić information content (AvgIpc) is 2.48. The molecular weight excluding hydrogens is 289 g/mol. The van der Waals surface area contributed by atoms with Crippen molar-refractivity contribution in [2.24, 2.45) is 0 Å². The first-order valence-corrected chi connectivity index (χ1v) is 6.40. The van der Waals surface area contributed by atoms with Crippen molar-refractivity contribution in [3.8, 4) is 0 Å². The van der Waals surface area contributed by atoms with Crippen molar-refractivity contribution in [2.75, 3.05) is 0 Å². The Morgan fingerprint density at radius 3 is 2.38 bits per heavy atom. The minimum Gasteiger partial charge on any atom is -1.00 e. The van der Waals surface area contributed by atoms with Crippen LogP contribution in [0.3, 0.4) is 0 Å². The quantitative estimate of drug-likeness (QED) is 0.498. The van der Waals surface area contributed by atoms with Crippen molar-refractivity contribution in [3.05, 3.63) is 78.2 Å². The predicted molar refractivity (Wildman–Crippen MR) is 74.9 cm³/mol. The molecule has 0 aliphatic heterocycles. The highest BCUT2D eigenvalue weighted by molar-refractivity contribution is 5.95. The summed E-state index contributed by atoms with van der Waals surface area (Å²) in [6.45, 7) is 0.243. The molecular formula is C17H13ClFNO. The van der Waals surface area contributed by atoms with Crippen molar-refractivity contribution >= 4 is 16.7 Å². The van der Waals surface area contributed by atoms with Crippen LogP contribution < -0.4 is 17.0 Å². The minimum atomic E-state index is -0.334. The van der Waals surface area contributed by atoms with Crippen molar-refractivity contribution in [3.63, 3.8) is 0 Å². The molecule has 0 bridgehead atoms. The van der Waals surface area contributed by atoms with Gasteiger partial charge in [0.15, 0.2) is 6.20 Å². The van der Waals surface area contributed by atoms with E-state index in [1.165, 1.54) is 24.3 Å². The van der Waals surface area contributed by atoms with Crippen LogP contribution in [0.2, 0.25) is 0 Å². The number of halogens is 2. The van der Waals surface area contributed by atoms with E-state index >= 15 is 0 Å². The van der Waals surface area contributed by atoms with E-state index < -0.39 is 0 Å². The number of pyridine rings is 1. The molecule has 0 unspecified atom stereocenters. The number of para-hydroxylation sites is 1. The van der Waals surface area contributed by atoms with Gasteiger partial charge in [-0.1, -0.05) is 12.1 Å². The van der Waals surface area contributed by atoms with Gasteiger partial charge in [-0.05, 0) is 36.4 Å². The first-order valence-electron chi connectivity index (χ1n) is 6.40. The van der Waals surface area contributed by atoms with Crippen LogP contribution in [0.25, 0.3) is 10.9 Å². The summed E-state index contributed by atoms with van der Waals surface area (Å²) in [6, 6.07) is 17.5. The van der Waals surface area contributed by atoms with Gasteiger partial charge >= 0.3 is 0 Å². The van der Waals surface area contributed by atoms with E-state index in [1.807, 2.05) is 47.2 Å². The molecule has 0 N–H and O–H groups in total. The number of fused-ring (bicyclic) bond motifs is 1. The fourth-order valence-corrected chi connectivity index (χ4v) is 2.24. The highest BCUT2D eigenvalue weighted by atomic mass is 35.5. The summed E-state index contributed by atoms with van der Waals surface area (Å²) in [5.74, 6) is -0.370. The largest absolute Gasteiger partial charge is 1.00 e. The van der Waals surface area contributed by atoms with Crippen molar-refractivity contribution in [1.82, 2.24) is 0 Å². The van der Waals surface area contributed by atoms with E-state index in [1.54, 1.807) is 0 Å². The number of carbonyl (C=O) groups is 1. The number of ketones is 1. The van der Waals surface area contributed by atoms with Crippen LogP contribution in [0, 0.1) is 5.82 Å². The van der Waals surface area contributed by atoms with Gasteiger partial charge in [0.05, 0.1) is 0 Å². The van der Waals surface area contributed by atoms with Crippen molar-refractivity contribution in [1.29, 1.82) is 0 Å². The van der Waals surface area contributed by atoms with Crippen LogP contribution in [0.15, 0.2) is 66.9 Å². The first-order chi connectivity index (χ1) is 9.74. The molecule has 0 amide bonds. The maximum atomic E-state index is 12.9. The Hall–Kier alpha value is -2.26. The molecule has 21 heavy (non-hydrogen) atoms. The number of aromatic nitrogens is 1. The second-order valence-corrected chi connectivity index (χ2v) is 4.62. The molecule has 1 heterocycles. The molecule has 3 aromatic rings. The summed E-state index contributed by atoms with van der Waals surface area (Å²) in [4.78, 5) is 12.2. The average molecular weight is 302 g/mol. The summed E-state index contributed by atoms with van der Waals surface area (Å²) in [5, 5.41) is 1.09. The molecule has 1 aromatic heterocycles. The van der Waals surface area contributed by atoms with Crippen molar-refractivity contribution < 1.29 is 26.2 Å². The molecule has 2 nitrogen and oxygen atoms in total. The molecule has 106 valence electrons. The molecule has 0 fully saturated rings. The molecule has 0 spiro atoms. The molecule has 0 saturated heterocycles. The molecule has 0 aliphatic carbocycles. The third-order valence-electron chi connectivity index (χ3n) is 3.27. The minimum absolute atomic E-state index is 0. The number of benzene rings is 2. The number of Topliss-reactive ketones (excluding diaryl/α,β-unsaturated/α-hetero) is 1. The second kappa shape index (κ2) is 6.46. The number of hydrogen-bond acceptors (Lipinski definition) is 1. The molecule has 0 atom stereocenters. The van der Waals surface area contributed by atoms with Crippen LogP contribution >= 0.6 is 0 Å². The molecule has 0 saturated carbocycles. The maximum Gasteiger partial charge on any atom is 0.227 e. The van der Waals surface area contributed by atoms with E-state index in [4.69, 9.17) is 0 Å². The molecule has 3 rings (SSSR count). The van der Waals surface area contributed by atoms with Gasteiger partial charge in [0.2, 0.25) is 17.8 Å². The molecule has 2 aromatic carbocycles. The number of rotatable bonds is 3. The number of carbonyl (C=O) groups excluding carboxylic acids is 1. The van der Waals surface area contributed by atoms with Crippen LogP contribution in [-0.2, 0) is 6.54 Å². The van der Waals surface area contributed by atoms with Gasteiger partial charge in [-0.3, -0.25) is 4.79 Å². The third kappa shape index (κ3) is 3.26. The Morgan fingerprint density at radius 1 is 0.952 bits per heavy atom. The standard InChI is InChI=1S/C17H13FNO.ClH/c18-15-9-7-14(8-10-15)17(20)12-19-11-3-5-13-4-1-2-6-16(13)19;/h1-11H,12H2;1H/q+1;/p-1. The summed E-state index contributed by atoms with van der Waals surface area (Å²) in [5.41, 5.74) is 1.53. The SMILES string of the molecule is O=C(C[n+]1cccc2ccccc21)c1ccc(F)cc1.[Cl-]. The van der Waals surface area contributed by atoms with Gasteiger partial charge in [-0.25, -0.2) is 4.39 Å². The van der Waals surface area contributed by atoms with Crippen molar-refractivity contribution in [2.45, 2.75) is 6.54 Å². The molecule has 0 radical (unpaired) electrons. The lowest BCUT2D eigenvalue weighted by atomic mass is 10.1. The van der Waals surface area contributed by atoms with Gasteiger partial charge < -0.3 is 12.4 Å². The second-order valence-electron chi connectivity index (χ2n) is 4.62. The fraction of sp³-hybridized carbons (Fsp3) is 0.0588. The number of nitrogens with zero attached hydrogens (tertiary/aromatic N) is 1. The zero-order chi connectivity index (χ0) is 13.9. The fourth-order valence-electron chi connectivity index (χ4n) is 2.24. The van der Waals surface area contributed by atoms with E-state index in [0.717, 1.165) is 10.9 Å². The van der Waals surface area contributed by atoms with Gasteiger partial charge in [0, 0.05) is 23.1 Å². The Balaban J connectivity index is 0.00000161. The number of hydrogen-bond donors (Lipinski definition) is 0. The zero-order valence-corrected chi connectivity index (χ0v) is 11.9.